The van der Waals surface area contributed by atoms with E-state index in [1.54, 1.807) is 0 Å². The van der Waals surface area contributed by atoms with Crippen molar-refractivity contribution < 1.29 is 67.4 Å². The first kappa shape index (κ1) is 27.7. The van der Waals surface area contributed by atoms with Gasteiger partial charge in [-0.25, -0.2) is 0 Å². The van der Waals surface area contributed by atoms with Crippen molar-refractivity contribution in [1.82, 2.24) is 0 Å². The summed E-state index contributed by atoms with van der Waals surface area (Å²) in [6.45, 7) is 0. The number of alkyl halides is 9. The minimum atomic E-state index is -7.53. The van der Waals surface area contributed by atoms with Crippen LogP contribution in [0.25, 0.3) is 0 Å². The molecule has 1 rings (SSSR count). The van der Waals surface area contributed by atoms with Gasteiger partial charge in [0.1, 0.15) is 0 Å². The molecule has 0 saturated heterocycles. The number of methoxy groups -OCH3 is 1. The highest BCUT2D eigenvalue weighted by atomic mass is 35.5. The van der Waals surface area contributed by atoms with E-state index in [4.69, 9.17) is 23.2 Å². The average Bonchev–Trinajstić information content (AvgIpc) is 2.64. The molecule has 0 fully saturated rings. The Morgan fingerprint density at radius 3 is 1.72 bits per heavy atom. The molecule has 0 spiro atoms. The van der Waals surface area contributed by atoms with Crippen molar-refractivity contribution in [1.29, 1.82) is 0 Å². The monoisotopic (exact) mass is 528 g/mol. The summed E-state index contributed by atoms with van der Waals surface area (Å²) in [5, 5.41) is -2.90. The summed E-state index contributed by atoms with van der Waals surface area (Å²) in [6.07, 6.45) is -7.29. The van der Waals surface area contributed by atoms with Crippen molar-refractivity contribution in [3.8, 4) is 11.5 Å². The van der Waals surface area contributed by atoms with Gasteiger partial charge in [0.05, 0.1) is 12.7 Å². The molecule has 32 heavy (non-hydrogen) atoms. The summed E-state index contributed by atoms with van der Waals surface area (Å²) in [6, 6.07) is -2.55. The van der Waals surface area contributed by atoms with Crippen molar-refractivity contribution in [2.45, 2.75) is 23.9 Å². The molecular formula is C15H5Cl2F11O4. The van der Waals surface area contributed by atoms with Gasteiger partial charge in [0.15, 0.2) is 11.5 Å². The minimum absolute atomic E-state index is 0.297. The maximum Gasteiger partial charge on any atom is 0.460 e. The van der Waals surface area contributed by atoms with Crippen molar-refractivity contribution in [3.63, 3.8) is 0 Å². The van der Waals surface area contributed by atoms with E-state index in [-0.39, 0.29) is 0 Å². The Labute approximate surface area is 179 Å². The van der Waals surface area contributed by atoms with Gasteiger partial charge in [-0.1, -0.05) is 0 Å². The van der Waals surface area contributed by atoms with E-state index < -0.39 is 68.9 Å². The predicted molar refractivity (Wildman–Crippen MR) is 84.1 cm³/mol. The molecule has 4 nitrogen and oxygen atoms in total. The second kappa shape index (κ2) is 8.92. The zero-order valence-corrected chi connectivity index (χ0v) is 16.2. The lowest BCUT2D eigenvalue weighted by Crippen LogP contribution is -2.61. The Morgan fingerprint density at radius 1 is 0.844 bits per heavy atom. The third-order valence-electron chi connectivity index (χ3n) is 3.49. The number of benzene rings is 1. The van der Waals surface area contributed by atoms with Gasteiger partial charge in [0, 0.05) is 5.56 Å². The molecule has 0 aromatic heterocycles. The molecule has 0 heterocycles. The summed E-state index contributed by atoms with van der Waals surface area (Å²) in [5.74, 6) is -28.7. The van der Waals surface area contributed by atoms with Gasteiger partial charge in [0.25, 0.3) is 10.5 Å². The number of hydrogen-bond acceptors (Lipinski definition) is 4. The average molecular weight is 529 g/mol. The summed E-state index contributed by atoms with van der Waals surface area (Å²) >= 11 is 10.2. The third-order valence-corrected chi connectivity index (χ3v) is 3.91. The highest BCUT2D eigenvalue weighted by molar-refractivity contribution is 6.69. The zero-order chi connectivity index (χ0) is 25.4. The van der Waals surface area contributed by atoms with Gasteiger partial charge in [-0.3, -0.25) is 9.59 Å². The van der Waals surface area contributed by atoms with Crippen LogP contribution < -0.4 is 9.47 Å². The van der Waals surface area contributed by atoms with Crippen LogP contribution >= 0.6 is 23.2 Å². The smallest absolute Gasteiger partial charge is 0.460 e. The van der Waals surface area contributed by atoms with Crippen molar-refractivity contribution in [2.24, 2.45) is 0 Å². The molecule has 0 aliphatic rings. The van der Waals surface area contributed by atoms with Crippen LogP contribution in [0.1, 0.15) is 20.7 Å². The Bertz CT molecular complexity index is 957. The first-order valence-electron chi connectivity index (χ1n) is 7.29. The second-order valence-corrected chi connectivity index (χ2v) is 6.20. The van der Waals surface area contributed by atoms with E-state index in [2.05, 4.69) is 9.47 Å². The zero-order valence-electron chi connectivity index (χ0n) is 14.7. The van der Waals surface area contributed by atoms with Crippen molar-refractivity contribution in [3.05, 3.63) is 35.1 Å². The van der Waals surface area contributed by atoms with Crippen molar-refractivity contribution >= 4 is 33.7 Å². The molecule has 0 unspecified atom stereocenters. The van der Waals surface area contributed by atoms with Gasteiger partial charge in [-0.2, -0.15) is 48.3 Å². The maximum absolute atomic E-state index is 13.8. The van der Waals surface area contributed by atoms with Crippen molar-refractivity contribution in [2.75, 3.05) is 7.11 Å². The molecule has 0 aliphatic heterocycles. The summed E-state index contributed by atoms with van der Waals surface area (Å²) < 4.78 is 151. The van der Waals surface area contributed by atoms with Gasteiger partial charge < -0.3 is 9.47 Å². The van der Waals surface area contributed by atoms with Crippen LogP contribution in [0.3, 0.4) is 0 Å². The van der Waals surface area contributed by atoms with Crippen LogP contribution in [0.5, 0.6) is 11.5 Å². The lowest BCUT2D eigenvalue weighted by Gasteiger charge is -2.32. The van der Waals surface area contributed by atoms with Crippen LogP contribution in [-0.2, 0) is 0 Å². The lowest BCUT2D eigenvalue weighted by atomic mass is 10.0. The number of halogens is 13. The predicted octanol–water partition coefficient (Wildman–Crippen LogP) is 6.41. The molecule has 0 bridgehead atoms. The molecule has 0 N–H and O–H groups in total. The topological polar surface area (TPSA) is 52.6 Å². The summed E-state index contributed by atoms with van der Waals surface area (Å²) in [4.78, 5) is 22.6. The van der Waals surface area contributed by atoms with Gasteiger partial charge in [-0.15, -0.1) is 0 Å². The Hall–Kier alpha value is -2.29. The third kappa shape index (κ3) is 4.72. The maximum atomic E-state index is 13.8. The molecule has 0 atom stereocenters. The van der Waals surface area contributed by atoms with Gasteiger partial charge in [-0.05, 0) is 35.3 Å². The van der Waals surface area contributed by atoms with Crippen LogP contribution in [0.4, 0.5) is 48.3 Å². The number of carbonyl (C=O) groups is 2. The Balaban J connectivity index is 3.65. The van der Waals surface area contributed by atoms with E-state index in [0.29, 0.717) is 19.2 Å². The number of ether oxygens (including phenoxy) is 2. The van der Waals surface area contributed by atoms with Gasteiger partial charge >= 0.3 is 30.0 Å². The molecule has 0 saturated carbocycles. The molecule has 17 heteroatoms. The van der Waals surface area contributed by atoms with E-state index in [9.17, 15) is 57.9 Å². The molecule has 0 radical (unpaired) electrons. The summed E-state index contributed by atoms with van der Waals surface area (Å²) in [7, 11) is 0.707. The fourth-order valence-corrected chi connectivity index (χ4v) is 2.18. The minimum Gasteiger partial charge on any atom is -0.492 e. The molecule has 0 aliphatic carbocycles. The first-order valence-corrected chi connectivity index (χ1v) is 8.05. The van der Waals surface area contributed by atoms with Crippen LogP contribution in [0.15, 0.2) is 24.0 Å². The fourth-order valence-electron chi connectivity index (χ4n) is 1.93. The first-order chi connectivity index (χ1) is 14.2. The Kier molecular flexibility index (Phi) is 7.73. The van der Waals surface area contributed by atoms with E-state index >= 15 is 0 Å². The second-order valence-electron chi connectivity index (χ2n) is 5.51. The Morgan fingerprint density at radius 2 is 1.34 bits per heavy atom. The molecular weight excluding hydrogens is 524 g/mol. The summed E-state index contributed by atoms with van der Waals surface area (Å²) in [5.41, 5.74) is -1.66. The SMILES string of the molecule is COc1c(OC(F)=C(F)C(F)(F)C(F)(F)C(F)(F)C(F)(F)F)cc(C(=O)Cl)cc1C(=O)Cl. The number of hydrogen-bond donors (Lipinski definition) is 0. The van der Waals surface area contributed by atoms with Crippen LogP contribution in [-0.4, -0.2) is 41.5 Å². The fraction of sp³-hybridized carbons (Fsp3) is 0.333. The normalized spacial score (nSPS) is 14.1. The largest absolute Gasteiger partial charge is 0.492 e. The van der Waals surface area contributed by atoms with Crippen LogP contribution in [0.2, 0.25) is 0 Å². The number of rotatable bonds is 8. The van der Waals surface area contributed by atoms with E-state index in [1.807, 2.05) is 0 Å². The standard InChI is InChI=1S/C15H5Cl2F11O4/c1-31-7-5(10(17)30)2-4(9(16)29)3-6(7)32-11(19)8(18)12(20,21)13(22,23)14(24,25)15(26,27)28/h2-3H,1H3. The molecule has 1 aromatic rings. The van der Waals surface area contributed by atoms with Gasteiger partial charge in [0.2, 0.25) is 5.83 Å². The number of carbonyl (C=O) groups excluding carboxylic acids is 2. The highest BCUT2D eigenvalue weighted by Gasteiger charge is 2.83. The van der Waals surface area contributed by atoms with Crippen LogP contribution in [0, 0.1) is 0 Å². The lowest BCUT2D eigenvalue weighted by molar-refractivity contribution is -0.392. The molecule has 0 amide bonds. The highest BCUT2D eigenvalue weighted by Crippen LogP contribution is 2.56. The van der Waals surface area contributed by atoms with E-state index in [1.165, 1.54) is 0 Å². The number of allylic oxidation sites excluding steroid dienone is 1. The van der Waals surface area contributed by atoms with E-state index in [0.717, 1.165) is 0 Å². The molecule has 180 valence electrons. The molecule has 1 aromatic carbocycles. The quantitative estimate of drug-likeness (QED) is 0.222.